The maximum atomic E-state index is 12.9. The highest BCUT2D eigenvalue weighted by Gasteiger charge is 2.11. The first-order valence-corrected chi connectivity index (χ1v) is 6.27. The first kappa shape index (κ1) is 13.4. The van der Waals surface area contributed by atoms with Gasteiger partial charge in [-0.2, -0.15) is 0 Å². The van der Waals surface area contributed by atoms with Crippen LogP contribution in [0.2, 0.25) is 0 Å². The van der Waals surface area contributed by atoms with Crippen LogP contribution < -0.4 is 10.1 Å². The van der Waals surface area contributed by atoms with E-state index in [0.717, 1.165) is 17.0 Å². The van der Waals surface area contributed by atoms with Crippen molar-refractivity contribution in [1.29, 1.82) is 0 Å². The smallest absolute Gasteiger partial charge is 0.124 e. The van der Waals surface area contributed by atoms with Gasteiger partial charge in [0.25, 0.3) is 0 Å². The van der Waals surface area contributed by atoms with Crippen LogP contribution in [0.5, 0.6) is 5.75 Å². The molecule has 1 unspecified atom stereocenters. The number of aryl methyl sites for hydroxylation is 1. The average molecular weight is 259 g/mol. The van der Waals surface area contributed by atoms with Crippen molar-refractivity contribution in [3.63, 3.8) is 0 Å². The molecule has 0 radical (unpaired) electrons. The molecular formula is C16H18FNO. The zero-order valence-corrected chi connectivity index (χ0v) is 11.4. The number of methoxy groups -OCH3 is 1. The minimum atomic E-state index is -0.230. The zero-order valence-electron chi connectivity index (χ0n) is 11.4. The third-order valence-electron chi connectivity index (χ3n) is 3.08. The van der Waals surface area contributed by atoms with Crippen LogP contribution in [0.25, 0.3) is 0 Å². The Bertz CT molecular complexity index is 551. The van der Waals surface area contributed by atoms with Crippen LogP contribution in [0.1, 0.15) is 24.1 Å². The molecule has 2 rings (SSSR count). The van der Waals surface area contributed by atoms with E-state index in [1.165, 1.54) is 17.7 Å². The van der Waals surface area contributed by atoms with E-state index < -0.39 is 0 Å². The normalized spacial score (nSPS) is 12.0. The van der Waals surface area contributed by atoms with Gasteiger partial charge in [-0.15, -0.1) is 0 Å². The number of rotatable bonds is 4. The highest BCUT2D eigenvalue weighted by molar-refractivity contribution is 5.48. The monoisotopic (exact) mass is 259 g/mol. The van der Waals surface area contributed by atoms with Crippen LogP contribution >= 0.6 is 0 Å². The maximum absolute atomic E-state index is 12.9. The van der Waals surface area contributed by atoms with Gasteiger partial charge in [0.05, 0.1) is 13.2 Å². The van der Waals surface area contributed by atoms with E-state index in [9.17, 15) is 4.39 Å². The molecule has 19 heavy (non-hydrogen) atoms. The van der Waals surface area contributed by atoms with E-state index in [2.05, 4.69) is 18.3 Å². The van der Waals surface area contributed by atoms with Crippen LogP contribution in [-0.4, -0.2) is 7.11 Å². The minimum absolute atomic E-state index is 0.0836. The fourth-order valence-corrected chi connectivity index (χ4v) is 2.07. The fourth-order valence-electron chi connectivity index (χ4n) is 2.07. The summed E-state index contributed by atoms with van der Waals surface area (Å²) in [5, 5.41) is 3.34. The van der Waals surface area contributed by atoms with Gasteiger partial charge in [0.1, 0.15) is 11.6 Å². The topological polar surface area (TPSA) is 21.3 Å². The second-order valence-electron chi connectivity index (χ2n) is 4.62. The van der Waals surface area contributed by atoms with Crippen LogP contribution in [0.4, 0.5) is 10.1 Å². The van der Waals surface area contributed by atoms with E-state index in [1.54, 1.807) is 19.2 Å². The Balaban J connectivity index is 2.21. The van der Waals surface area contributed by atoms with Gasteiger partial charge in [-0.1, -0.05) is 17.7 Å². The third-order valence-corrected chi connectivity index (χ3v) is 3.08. The zero-order chi connectivity index (χ0) is 13.8. The number of nitrogens with one attached hydrogen (secondary N) is 1. The summed E-state index contributed by atoms with van der Waals surface area (Å²) in [5.41, 5.74) is 3.16. The Hall–Kier alpha value is -2.03. The van der Waals surface area contributed by atoms with E-state index in [4.69, 9.17) is 4.74 Å². The lowest BCUT2D eigenvalue weighted by Crippen LogP contribution is -2.08. The van der Waals surface area contributed by atoms with Crippen LogP contribution in [0.3, 0.4) is 0 Å². The van der Waals surface area contributed by atoms with Gasteiger partial charge in [0.15, 0.2) is 0 Å². The Morgan fingerprint density at radius 1 is 1.11 bits per heavy atom. The lowest BCUT2D eigenvalue weighted by molar-refractivity contribution is 0.408. The number of hydrogen-bond acceptors (Lipinski definition) is 2. The molecule has 0 aromatic heterocycles. The largest absolute Gasteiger partial charge is 0.496 e. The molecule has 3 heteroatoms. The summed E-state index contributed by atoms with van der Waals surface area (Å²) in [6, 6.07) is 12.5. The second-order valence-corrected chi connectivity index (χ2v) is 4.62. The highest BCUT2D eigenvalue weighted by atomic mass is 19.1. The molecule has 0 saturated heterocycles. The molecule has 0 aliphatic carbocycles. The van der Waals surface area contributed by atoms with Crippen molar-refractivity contribution in [2.45, 2.75) is 19.9 Å². The van der Waals surface area contributed by atoms with Crippen molar-refractivity contribution in [3.8, 4) is 5.75 Å². The first-order chi connectivity index (χ1) is 9.10. The molecule has 2 nitrogen and oxygen atoms in total. The molecule has 0 bridgehead atoms. The van der Waals surface area contributed by atoms with Crippen molar-refractivity contribution in [1.82, 2.24) is 0 Å². The van der Waals surface area contributed by atoms with Gasteiger partial charge in [0.2, 0.25) is 0 Å². The lowest BCUT2D eigenvalue weighted by Gasteiger charge is -2.19. The quantitative estimate of drug-likeness (QED) is 0.883. The van der Waals surface area contributed by atoms with Crippen molar-refractivity contribution < 1.29 is 9.13 Å². The Kier molecular flexibility index (Phi) is 4.05. The van der Waals surface area contributed by atoms with Gasteiger partial charge in [-0.05, 0) is 44.2 Å². The summed E-state index contributed by atoms with van der Waals surface area (Å²) in [5.74, 6) is 0.624. The van der Waals surface area contributed by atoms with Gasteiger partial charge < -0.3 is 10.1 Å². The van der Waals surface area contributed by atoms with E-state index in [0.29, 0.717) is 0 Å². The van der Waals surface area contributed by atoms with Gasteiger partial charge in [-0.3, -0.25) is 0 Å². The molecule has 100 valence electrons. The maximum Gasteiger partial charge on any atom is 0.124 e. The number of ether oxygens (including phenoxy) is 1. The molecule has 0 heterocycles. The minimum Gasteiger partial charge on any atom is -0.496 e. The van der Waals surface area contributed by atoms with Crippen LogP contribution in [0, 0.1) is 12.7 Å². The summed E-state index contributed by atoms with van der Waals surface area (Å²) in [4.78, 5) is 0. The van der Waals surface area contributed by atoms with Crippen molar-refractivity contribution in [2.24, 2.45) is 0 Å². The summed E-state index contributed by atoms with van der Waals surface area (Å²) < 4.78 is 18.2. The average Bonchev–Trinajstić information content (AvgIpc) is 2.41. The van der Waals surface area contributed by atoms with Crippen molar-refractivity contribution >= 4 is 5.69 Å². The third kappa shape index (κ3) is 3.25. The predicted octanol–water partition coefficient (Wildman–Crippen LogP) is 4.32. The summed E-state index contributed by atoms with van der Waals surface area (Å²) in [6.07, 6.45) is 0. The number of anilines is 1. The molecule has 0 aliphatic rings. The summed E-state index contributed by atoms with van der Waals surface area (Å²) >= 11 is 0. The summed E-state index contributed by atoms with van der Waals surface area (Å²) in [7, 11) is 1.67. The molecule has 0 saturated carbocycles. The molecule has 0 aliphatic heterocycles. The number of benzene rings is 2. The van der Waals surface area contributed by atoms with E-state index in [1.807, 2.05) is 19.1 Å². The molecule has 2 aromatic rings. The number of halogens is 1. The Labute approximate surface area is 113 Å². The van der Waals surface area contributed by atoms with Gasteiger partial charge >= 0.3 is 0 Å². The molecule has 2 aromatic carbocycles. The standard InChI is InChI=1S/C16H18FNO/c1-11-4-9-16(19-3)15(10-11)12(2)18-14-7-5-13(17)6-8-14/h4-10,12,18H,1-3H3. The predicted molar refractivity (Wildman–Crippen MR) is 76.2 cm³/mol. The first-order valence-electron chi connectivity index (χ1n) is 6.27. The van der Waals surface area contributed by atoms with Gasteiger partial charge in [-0.25, -0.2) is 4.39 Å². The molecule has 0 spiro atoms. The van der Waals surface area contributed by atoms with Crippen LogP contribution in [-0.2, 0) is 0 Å². The fraction of sp³-hybridized carbons (Fsp3) is 0.250. The molecule has 1 atom stereocenters. The van der Waals surface area contributed by atoms with Crippen molar-refractivity contribution in [2.75, 3.05) is 12.4 Å². The van der Waals surface area contributed by atoms with Crippen LogP contribution in [0.15, 0.2) is 42.5 Å². The molecule has 0 fully saturated rings. The van der Waals surface area contributed by atoms with E-state index >= 15 is 0 Å². The summed E-state index contributed by atoms with van der Waals surface area (Å²) in [6.45, 7) is 4.11. The molecule has 0 amide bonds. The van der Waals surface area contributed by atoms with Crippen molar-refractivity contribution in [3.05, 3.63) is 59.4 Å². The van der Waals surface area contributed by atoms with Gasteiger partial charge in [0, 0.05) is 11.3 Å². The molecule has 1 N–H and O–H groups in total. The second kappa shape index (κ2) is 5.74. The lowest BCUT2D eigenvalue weighted by atomic mass is 10.0. The number of hydrogen-bond donors (Lipinski definition) is 1. The highest BCUT2D eigenvalue weighted by Crippen LogP contribution is 2.28. The Morgan fingerprint density at radius 2 is 1.79 bits per heavy atom. The molecular weight excluding hydrogens is 241 g/mol. The Morgan fingerprint density at radius 3 is 2.42 bits per heavy atom. The SMILES string of the molecule is COc1ccc(C)cc1C(C)Nc1ccc(F)cc1. The van der Waals surface area contributed by atoms with E-state index in [-0.39, 0.29) is 11.9 Å².